The summed E-state index contributed by atoms with van der Waals surface area (Å²) in [5, 5.41) is 9.87. The number of alkyl halides is 17. The summed E-state index contributed by atoms with van der Waals surface area (Å²) >= 11 is 0. The fourth-order valence-electron chi connectivity index (χ4n) is 3.63. The zero-order chi connectivity index (χ0) is 34.7. The van der Waals surface area contributed by atoms with E-state index in [1.807, 2.05) is 0 Å². The van der Waals surface area contributed by atoms with Crippen LogP contribution in [0.5, 0.6) is 17.2 Å². The van der Waals surface area contributed by atoms with Crippen LogP contribution in [0, 0.1) is 0 Å². The van der Waals surface area contributed by atoms with Crippen molar-refractivity contribution in [2.45, 2.75) is 47.6 Å². The third-order valence-electron chi connectivity index (χ3n) is 6.24. The van der Waals surface area contributed by atoms with Crippen LogP contribution in [0.15, 0.2) is 72.8 Å². The minimum atomic E-state index is -8.69. The number of hydrogen-bond donors (Lipinski definition) is 1. The average molecular weight is 680 g/mol. The number of ether oxygens (including phenoxy) is 1. The van der Waals surface area contributed by atoms with Crippen LogP contribution in [0.2, 0.25) is 0 Å². The molecule has 0 atom stereocenters. The van der Waals surface area contributed by atoms with Gasteiger partial charge in [-0.2, -0.15) is 74.6 Å². The molecule has 0 spiro atoms. The van der Waals surface area contributed by atoms with E-state index in [-0.39, 0.29) is 23.6 Å². The van der Waals surface area contributed by atoms with Crippen molar-refractivity contribution in [1.29, 1.82) is 0 Å². The highest BCUT2D eigenvalue weighted by atomic mass is 19.4. The van der Waals surface area contributed by atoms with Crippen LogP contribution in [0.1, 0.15) is 5.56 Å². The predicted octanol–water partition coefficient (Wildman–Crippen LogP) is 10.3. The smallest absolute Gasteiger partial charge is 0.460 e. The number of benzene rings is 3. The maximum atomic E-state index is 14.5. The summed E-state index contributed by atoms with van der Waals surface area (Å²) in [5.41, 5.74) is -1.53. The zero-order valence-electron chi connectivity index (χ0n) is 21.2. The Hall–Kier alpha value is -3.93. The van der Waals surface area contributed by atoms with Crippen LogP contribution in [0.4, 0.5) is 74.6 Å². The standard InChI is InChI=1S/C26H13F17O2/c27-19(28,20(29,30)21(31,32)22(33,34)23(35,36)24(37,38)25(39,40)26(41,42)43)14-7-11-16(12-8-14)45-15-9-5-13(6-10-15)17-3-1-2-4-18(17)44/h1-12,44H. The van der Waals surface area contributed by atoms with Gasteiger partial charge in [0.1, 0.15) is 17.2 Å². The second kappa shape index (κ2) is 10.9. The monoisotopic (exact) mass is 680 g/mol. The Balaban J connectivity index is 1.91. The number of phenols is 1. The van der Waals surface area contributed by atoms with Crippen molar-refractivity contribution in [2.24, 2.45) is 0 Å². The molecule has 45 heavy (non-hydrogen) atoms. The molecule has 0 bridgehead atoms. The molecule has 0 heterocycles. The van der Waals surface area contributed by atoms with Crippen molar-refractivity contribution < 1.29 is 84.5 Å². The lowest BCUT2D eigenvalue weighted by Gasteiger charge is -2.42. The summed E-state index contributed by atoms with van der Waals surface area (Å²) in [7, 11) is 0. The molecule has 0 fully saturated rings. The van der Waals surface area contributed by atoms with Gasteiger partial charge in [-0.3, -0.25) is 0 Å². The Morgan fingerprint density at radius 1 is 0.422 bits per heavy atom. The molecule has 0 saturated heterocycles. The summed E-state index contributed by atoms with van der Waals surface area (Å²) < 4.78 is 235. The van der Waals surface area contributed by atoms with Crippen LogP contribution in [-0.2, 0) is 5.92 Å². The lowest BCUT2D eigenvalue weighted by molar-refractivity contribution is -0.462. The van der Waals surface area contributed by atoms with Gasteiger partial charge >= 0.3 is 47.6 Å². The normalized spacial score (nSPS) is 14.4. The first-order valence-electron chi connectivity index (χ1n) is 11.6. The molecule has 2 nitrogen and oxygen atoms in total. The highest BCUT2D eigenvalue weighted by molar-refractivity contribution is 5.70. The third kappa shape index (κ3) is 5.36. The molecule has 3 rings (SSSR count). The molecule has 0 aliphatic heterocycles. The predicted molar refractivity (Wildman–Crippen MR) is 120 cm³/mol. The van der Waals surface area contributed by atoms with Crippen LogP contribution >= 0.6 is 0 Å². The number of phenolic OH excluding ortho intramolecular Hbond substituents is 1. The van der Waals surface area contributed by atoms with E-state index in [0.717, 1.165) is 0 Å². The van der Waals surface area contributed by atoms with E-state index in [1.165, 1.54) is 42.5 Å². The van der Waals surface area contributed by atoms with Crippen molar-refractivity contribution in [3.63, 3.8) is 0 Å². The first-order valence-corrected chi connectivity index (χ1v) is 11.6. The number of rotatable bonds is 10. The molecule has 0 radical (unpaired) electrons. The lowest BCUT2D eigenvalue weighted by atomic mass is 9.87. The summed E-state index contributed by atoms with van der Waals surface area (Å²) in [6, 6.07) is 11.7. The van der Waals surface area contributed by atoms with Crippen molar-refractivity contribution in [3.8, 4) is 28.4 Å². The zero-order valence-corrected chi connectivity index (χ0v) is 21.2. The Morgan fingerprint density at radius 3 is 1.22 bits per heavy atom. The average Bonchev–Trinajstić information content (AvgIpc) is 2.93. The van der Waals surface area contributed by atoms with Gasteiger partial charge in [-0.15, -0.1) is 0 Å². The lowest BCUT2D eigenvalue weighted by Crippen LogP contribution is -2.74. The topological polar surface area (TPSA) is 29.5 Å². The van der Waals surface area contributed by atoms with E-state index in [0.29, 0.717) is 23.3 Å². The van der Waals surface area contributed by atoms with Gasteiger partial charge in [-0.25, -0.2) is 0 Å². The molecule has 0 aliphatic rings. The molecule has 0 amide bonds. The van der Waals surface area contributed by atoms with Gasteiger partial charge in [0.05, 0.1) is 0 Å². The Labute approximate surface area is 239 Å². The first-order chi connectivity index (χ1) is 20.2. The van der Waals surface area contributed by atoms with Gasteiger partial charge in [-0.05, 0) is 48.0 Å². The number of para-hydroxylation sites is 1. The largest absolute Gasteiger partial charge is 0.507 e. The highest BCUT2D eigenvalue weighted by Crippen LogP contribution is 2.65. The number of halogens is 17. The minimum Gasteiger partial charge on any atom is -0.507 e. The van der Waals surface area contributed by atoms with Crippen molar-refractivity contribution in [2.75, 3.05) is 0 Å². The molecule has 19 heteroatoms. The molecule has 3 aromatic carbocycles. The molecular weight excluding hydrogens is 667 g/mol. The van der Waals surface area contributed by atoms with Crippen molar-refractivity contribution >= 4 is 0 Å². The molecule has 3 aromatic rings. The van der Waals surface area contributed by atoms with Gasteiger partial charge < -0.3 is 9.84 Å². The number of aromatic hydroxyl groups is 1. The maximum Gasteiger partial charge on any atom is 0.460 e. The Bertz CT molecular complexity index is 1500. The minimum absolute atomic E-state index is 0.0796. The molecular formula is C26H13F17O2. The third-order valence-corrected chi connectivity index (χ3v) is 6.24. The fourth-order valence-corrected chi connectivity index (χ4v) is 3.63. The summed E-state index contributed by atoms with van der Waals surface area (Å²) in [6.07, 6.45) is -7.81. The second-order valence-corrected chi connectivity index (χ2v) is 9.19. The van der Waals surface area contributed by atoms with Gasteiger partial charge in [0.15, 0.2) is 0 Å². The SMILES string of the molecule is Oc1ccccc1-c1ccc(Oc2ccc(C(F)(F)C(F)(F)C(F)(F)C(F)(F)C(F)(F)C(F)(F)C(F)(F)C(F)(F)F)cc2)cc1. The summed E-state index contributed by atoms with van der Waals surface area (Å²) in [6.45, 7) is 0. The summed E-state index contributed by atoms with van der Waals surface area (Å²) in [5.74, 6) is -57.7. The van der Waals surface area contributed by atoms with Crippen LogP contribution in [-0.4, -0.2) is 46.8 Å². The molecule has 0 unspecified atom stereocenters. The van der Waals surface area contributed by atoms with Gasteiger partial charge in [0.2, 0.25) is 0 Å². The van der Waals surface area contributed by atoms with E-state index in [9.17, 15) is 79.7 Å². The Kier molecular flexibility index (Phi) is 8.57. The van der Waals surface area contributed by atoms with E-state index in [1.54, 1.807) is 6.07 Å². The molecule has 248 valence electrons. The quantitative estimate of drug-likeness (QED) is 0.216. The van der Waals surface area contributed by atoms with E-state index >= 15 is 0 Å². The van der Waals surface area contributed by atoms with Crippen LogP contribution in [0.3, 0.4) is 0 Å². The fraction of sp³-hybridized carbons (Fsp3) is 0.308. The molecule has 0 aromatic heterocycles. The van der Waals surface area contributed by atoms with Crippen LogP contribution < -0.4 is 4.74 Å². The molecule has 0 saturated carbocycles. The molecule has 0 aliphatic carbocycles. The van der Waals surface area contributed by atoms with E-state index in [2.05, 4.69) is 0 Å². The van der Waals surface area contributed by atoms with Crippen LogP contribution in [0.25, 0.3) is 11.1 Å². The number of hydrogen-bond acceptors (Lipinski definition) is 2. The van der Waals surface area contributed by atoms with Crippen molar-refractivity contribution in [3.05, 3.63) is 78.4 Å². The van der Waals surface area contributed by atoms with E-state index < -0.39 is 58.9 Å². The second-order valence-electron chi connectivity index (χ2n) is 9.19. The van der Waals surface area contributed by atoms with E-state index in [4.69, 9.17) is 4.74 Å². The van der Waals surface area contributed by atoms with Gasteiger partial charge in [0.25, 0.3) is 0 Å². The highest BCUT2D eigenvalue weighted by Gasteiger charge is 2.95. The van der Waals surface area contributed by atoms with Gasteiger partial charge in [-0.1, -0.05) is 30.3 Å². The maximum absolute atomic E-state index is 14.5. The van der Waals surface area contributed by atoms with Gasteiger partial charge in [0, 0.05) is 11.1 Å². The Morgan fingerprint density at radius 2 is 0.800 bits per heavy atom. The van der Waals surface area contributed by atoms with Crippen molar-refractivity contribution in [1.82, 2.24) is 0 Å². The molecule has 1 N–H and O–H groups in total. The first kappa shape index (κ1) is 35.5. The summed E-state index contributed by atoms with van der Waals surface area (Å²) in [4.78, 5) is 0.